The normalized spacial score (nSPS) is 20.9. The minimum atomic E-state index is -0.722. The van der Waals surface area contributed by atoms with Crippen LogP contribution in [0, 0.1) is 11.6 Å². The quantitative estimate of drug-likeness (QED) is 0.897. The van der Waals surface area contributed by atoms with Crippen LogP contribution >= 0.6 is 11.8 Å². The van der Waals surface area contributed by atoms with Crippen molar-refractivity contribution in [1.82, 2.24) is 4.98 Å². The number of nitrogens with zero attached hydrogens (tertiary/aromatic N) is 2. The zero-order chi connectivity index (χ0) is 16.4. The van der Waals surface area contributed by atoms with Crippen LogP contribution in [-0.4, -0.2) is 15.9 Å². The Morgan fingerprint density at radius 2 is 2.09 bits per heavy atom. The molecule has 0 amide bonds. The number of halogens is 2. The number of aliphatic imine (C=N–C) groups is 1. The van der Waals surface area contributed by atoms with Crippen molar-refractivity contribution in [2.24, 2.45) is 10.7 Å². The Morgan fingerprint density at radius 3 is 2.83 bits per heavy atom. The molecule has 0 bridgehead atoms. The largest absolute Gasteiger partial charge is 0.379 e. The molecule has 3 N–H and O–H groups in total. The van der Waals surface area contributed by atoms with Crippen molar-refractivity contribution in [2.75, 3.05) is 11.1 Å². The molecule has 0 unspecified atom stereocenters. The minimum absolute atomic E-state index is 0.0948. The molecular weight excluding hydrogens is 318 g/mol. The van der Waals surface area contributed by atoms with E-state index in [1.807, 2.05) is 6.92 Å². The minimum Gasteiger partial charge on any atom is -0.379 e. The van der Waals surface area contributed by atoms with E-state index in [9.17, 15) is 8.78 Å². The van der Waals surface area contributed by atoms with Gasteiger partial charge in [0, 0.05) is 23.2 Å². The molecule has 1 atom stereocenters. The Labute approximate surface area is 137 Å². The highest BCUT2D eigenvalue weighted by atomic mass is 32.2. The number of thioether (sulfide) groups is 1. The van der Waals surface area contributed by atoms with E-state index in [0.717, 1.165) is 5.75 Å². The van der Waals surface area contributed by atoms with Gasteiger partial charge in [-0.2, -0.15) is 0 Å². The van der Waals surface area contributed by atoms with Gasteiger partial charge in [0.15, 0.2) is 16.8 Å². The smallest absolute Gasteiger partial charge is 0.166 e. The van der Waals surface area contributed by atoms with Crippen molar-refractivity contribution < 1.29 is 8.78 Å². The highest BCUT2D eigenvalue weighted by Crippen LogP contribution is 2.37. The van der Waals surface area contributed by atoms with E-state index in [-0.39, 0.29) is 11.6 Å². The summed E-state index contributed by atoms with van der Waals surface area (Å²) >= 11 is 1.46. The molecule has 7 heteroatoms. The van der Waals surface area contributed by atoms with Crippen molar-refractivity contribution in [2.45, 2.75) is 18.9 Å². The van der Waals surface area contributed by atoms with Crippen LogP contribution in [0.2, 0.25) is 0 Å². The van der Waals surface area contributed by atoms with Crippen molar-refractivity contribution in [3.05, 3.63) is 53.7 Å². The van der Waals surface area contributed by atoms with E-state index in [2.05, 4.69) is 15.3 Å². The number of nitrogens with two attached hydrogens (primary N) is 1. The van der Waals surface area contributed by atoms with Gasteiger partial charge in [-0.25, -0.2) is 13.8 Å². The molecule has 2 aromatic rings. The van der Waals surface area contributed by atoms with Crippen LogP contribution in [0.1, 0.15) is 18.9 Å². The fourth-order valence-electron chi connectivity index (χ4n) is 2.51. The van der Waals surface area contributed by atoms with Crippen molar-refractivity contribution in [1.29, 1.82) is 0 Å². The number of aromatic nitrogens is 1. The molecule has 0 fully saturated rings. The highest BCUT2D eigenvalue weighted by Gasteiger charge is 2.32. The molecule has 23 heavy (non-hydrogen) atoms. The monoisotopic (exact) mass is 334 g/mol. The fraction of sp³-hybridized carbons (Fsp3) is 0.250. The van der Waals surface area contributed by atoms with Crippen LogP contribution in [0.4, 0.5) is 20.3 Å². The Kier molecular flexibility index (Phi) is 4.21. The summed E-state index contributed by atoms with van der Waals surface area (Å²) in [6, 6.07) is 7.34. The molecule has 1 aliphatic rings. The first-order valence-electron chi connectivity index (χ1n) is 7.14. The van der Waals surface area contributed by atoms with Crippen molar-refractivity contribution in [3.63, 3.8) is 0 Å². The van der Waals surface area contributed by atoms with Gasteiger partial charge in [-0.3, -0.25) is 4.99 Å². The first kappa shape index (κ1) is 15.7. The third-order valence-corrected chi connectivity index (χ3v) is 4.56. The lowest BCUT2D eigenvalue weighted by molar-refractivity contribution is 0.450. The number of rotatable bonds is 3. The van der Waals surface area contributed by atoms with Crippen LogP contribution in [0.15, 0.2) is 41.5 Å². The maximum Gasteiger partial charge on any atom is 0.166 e. The molecule has 2 heterocycles. The van der Waals surface area contributed by atoms with Crippen LogP contribution in [0.3, 0.4) is 0 Å². The summed E-state index contributed by atoms with van der Waals surface area (Å²) in [5.74, 6) is 0.0407. The van der Waals surface area contributed by atoms with E-state index in [1.54, 1.807) is 12.1 Å². The number of hydrogen-bond acceptors (Lipinski definition) is 5. The van der Waals surface area contributed by atoms with Gasteiger partial charge in [-0.1, -0.05) is 11.8 Å². The Balaban J connectivity index is 1.97. The summed E-state index contributed by atoms with van der Waals surface area (Å²) in [5.41, 5.74) is 6.05. The predicted molar refractivity (Wildman–Crippen MR) is 89.9 cm³/mol. The number of anilines is 2. The molecule has 1 aromatic carbocycles. The molecule has 1 aromatic heterocycles. The van der Waals surface area contributed by atoms with Crippen molar-refractivity contribution >= 4 is 28.4 Å². The molecule has 0 saturated carbocycles. The van der Waals surface area contributed by atoms with E-state index >= 15 is 0 Å². The number of pyridine rings is 1. The van der Waals surface area contributed by atoms with Gasteiger partial charge in [-0.05, 0) is 43.7 Å². The molecule has 0 aliphatic carbocycles. The lowest BCUT2D eigenvalue weighted by Gasteiger charge is -2.30. The SMILES string of the molecule is C[C@@]1(c2cc(Nc3ncccc3F)ccc2F)CCSC(N)=N1. The Bertz CT molecular complexity index is 765. The molecule has 0 saturated heterocycles. The summed E-state index contributed by atoms with van der Waals surface area (Å²) in [6.07, 6.45) is 2.16. The second-order valence-electron chi connectivity index (χ2n) is 5.48. The number of nitrogens with one attached hydrogen (secondary N) is 1. The van der Waals surface area contributed by atoms with Gasteiger partial charge in [0.05, 0.1) is 5.54 Å². The fourth-order valence-corrected chi connectivity index (χ4v) is 3.49. The number of hydrogen-bond donors (Lipinski definition) is 2. The highest BCUT2D eigenvalue weighted by molar-refractivity contribution is 8.13. The van der Waals surface area contributed by atoms with Crippen LogP contribution in [0.5, 0.6) is 0 Å². The number of amidine groups is 1. The average molecular weight is 334 g/mol. The van der Waals surface area contributed by atoms with Gasteiger partial charge in [0.25, 0.3) is 0 Å². The summed E-state index contributed by atoms with van der Waals surface area (Å²) in [4.78, 5) is 8.35. The number of benzene rings is 1. The summed E-state index contributed by atoms with van der Waals surface area (Å²) in [5, 5.41) is 3.32. The van der Waals surface area contributed by atoms with Gasteiger partial charge < -0.3 is 11.1 Å². The molecule has 4 nitrogen and oxygen atoms in total. The first-order chi connectivity index (χ1) is 11.0. The third-order valence-electron chi connectivity index (χ3n) is 3.76. The zero-order valence-electron chi connectivity index (χ0n) is 12.5. The topological polar surface area (TPSA) is 63.3 Å². The lowest BCUT2D eigenvalue weighted by Crippen LogP contribution is -2.29. The van der Waals surface area contributed by atoms with Gasteiger partial charge in [0.1, 0.15) is 5.82 Å². The van der Waals surface area contributed by atoms with E-state index in [1.165, 1.54) is 36.2 Å². The van der Waals surface area contributed by atoms with Crippen LogP contribution in [0.25, 0.3) is 0 Å². The molecule has 0 spiro atoms. The standard InChI is InChI=1S/C16H16F2N4S/c1-16(6-8-23-15(19)22-16)11-9-10(4-5-12(11)17)21-14-13(18)3-2-7-20-14/h2-5,7,9H,6,8H2,1H3,(H2,19,22)(H,20,21)/t16-/m0/s1. The molecule has 3 rings (SSSR count). The van der Waals surface area contributed by atoms with E-state index in [4.69, 9.17) is 5.73 Å². The van der Waals surface area contributed by atoms with Crippen LogP contribution in [-0.2, 0) is 5.54 Å². The Hall–Kier alpha value is -2.15. The zero-order valence-corrected chi connectivity index (χ0v) is 13.3. The summed E-state index contributed by atoms with van der Waals surface area (Å²) in [7, 11) is 0. The van der Waals surface area contributed by atoms with Gasteiger partial charge in [0.2, 0.25) is 0 Å². The second kappa shape index (κ2) is 6.16. The summed E-state index contributed by atoms with van der Waals surface area (Å²) in [6.45, 7) is 1.85. The molecular formula is C16H16F2N4S. The molecule has 1 aliphatic heterocycles. The van der Waals surface area contributed by atoms with E-state index < -0.39 is 11.4 Å². The van der Waals surface area contributed by atoms with Crippen molar-refractivity contribution in [3.8, 4) is 0 Å². The van der Waals surface area contributed by atoms with Gasteiger partial charge >= 0.3 is 0 Å². The molecule has 0 radical (unpaired) electrons. The molecule has 120 valence electrons. The third kappa shape index (κ3) is 3.29. The Morgan fingerprint density at radius 1 is 1.26 bits per heavy atom. The van der Waals surface area contributed by atoms with Gasteiger partial charge in [-0.15, -0.1) is 0 Å². The maximum atomic E-state index is 14.3. The first-order valence-corrected chi connectivity index (χ1v) is 8.12. The lowest BCUT2D eigenvalue weighted by atomic mass is 9.89. The van der Waals surface area contributed by atoms with E-state index in [0.29, 0.717) is 22.8 Å². The van der Waals surface area contributed by atoms with Crippen LogP contribution < -0.4 is 11.1 Å². The second-order valence-corrected chi connectivity index (χ2v) is 6.59. The summed E-state index contributed by atoms with van der Waals surface area (Å²) < 4.78 is 28.0. The maximum absolute atomic E-state index is 14.3. The average Bonchev–Trinajstić information content (AvgIpc) is 2.51. The predicted octanol–water partition coefficient (Wildman–Crippen LogP) is 3.77.